The van der Waals surface area contributed by atoms with E-state index in [4.69, 9.17) is 0 Å². The molecule has 10 heteroatoms. The van der Waals surface area contributed by atoms with Crippen LogP contribution >= 0.6 is 0 Å². The van der Waals surface area contributed by atoms with Crippen LogP contribution in [0.5, 0.6) is 0 Å². The van der Waals surface area contributed by atoms with Gasteiger partial charge in [-0.05, 0) is 55.8 Å². The van der Waals surface area contributed by atoms with Gasteiger partial charge >= 0.3 is 0 Å². The Morgan fingerprint density at radius 1 is 0.675 bits per heavy atom. The maximum Gasteiger partial charge on any atom is 0.268 e. The van der Waals surface area contributed by atoms with Gasteiger partial charge in [0, 0.05) is 30.2 Å². The first-order valence-electron chi connectivity index (χ1n) is 12.4. The lowest BCUT2D eigenvalue weighted by atomic mass is 10.1. The number of hydrogen-bond donors (Lipinski definition) is 0. The molecule has 0 radical (unpaired) electrons. The summed E-state index contributed by atoms with van der Waals surface area (Å²) < 4.78 is 85.8. The predicted molar refractivity (Wildman–Crippen MR) is 150 cm³/mol. The van der Waals surface area contributed by atoms with Gasteiger partial charge in [-0.25, -0.2) is 29.6 Å². The molecule has 0 saturated carbocycles. The van der Waals surface area contributed by atoms with Gasteiger partial charge in [-0.3, -0.25) is 0 Å². The van der Waals surface area contributed by atoms with E-state index in [1.165, 1.54) is 42.6 Å². The maximum atomic E-state index is 14.7. The molecule has 0 aliphatic rings. The van der Waals surface area contributed by atoms with E-state index in [-0.39, 0.29) is 21.9 Å². The van der Waals surface area contributed by atoms with Crippen molar-refractivity contribution in [3.8, 4) is 0 Å². The molecule has 0 atom stereocenters. The summed E-state index contributed by atoms with van der Waals surface area (Å²) in [5.74, 6) is -2.23. The zero-order valence-corrected chi connectivity index (χ0v) is 23.4. The van der Waals surface area contributed by atoms with Crippen molar-refractivity contribution in [1.82, 2.24) is 8.28 Å². The van der Waals surface area contributed by atoms with Crippen molar-refractivity contribution in [1.29, 1.82) is 0 Å². The molecule has 0 bridgehead atoms. The van der Waals surface area contributed by atoms with E-state index in [0.717, 1.165) is 25.5 Å². The molecule has 5 aromatic rings. The first-order chi connectivity index (χ1) is 19.0. The van der Waals surface area contributed by atoms with E-state index >= 15 is 0 Å². The lowest BCUT2D eigenvalue weighted by Gasteiger charge is -2.23. The van der Waals surface area contributed by atoms with Crippen LogP contribution in [0.4, 0.5) is 8.78 Å². The van der Waals surface area contributed by atoms with Crippen LogP contribution in [0.15, 0.2) is 107 Å². The summed E-state index contributed by atoms with van der Waals surface area (Å²) in [5.41, 5.74) is 2.36. The number of para-hydroxylation sites is 1. The molecule has 6 nitrogen and oxygen atoms in total. The van der Waals surface area contributed by atoms with Crippen molar-refractivity contribution >= 4 is 30.9 Å². The molecular formula is C30H26F2N2O4S2. The van der Waals surface area contributed by atoms with E-state index in [1.807, 2.05) is 13.8 Å². The summed E-state index contributed by atoms with van der Waals surface area (Å²) in [5, 5.41) is 0.516. The fraction of sp³-hybridized carbons (Fsp3) is 0.133. The number of hydrogen-bond acceptors (Lipinski definition) is 4. The third kappa shape index (κ3) is 5.17. The molecule has 206 valence electrons. The van der Waals surface area contributed by atoms with Crippen molar-refractivity contribution in [2.24, 2.45) is 0 Å². The normalized spacial score (nSPS) is 12.3. The van der Waals surface area contributed by atoms with Crippen LogP contribution in [0, 0.1) is 25.5 Å². The van der Waals surface area contributed by atoms with Crippen molar-refractivity contribution in [2.75, 3.05) is 0 Å². The third-order valence-electron chi connectivity index (χ3n) is 6.72. The van der Waals surface area contributed by atoms with Crippen LogP contribution in [0.3, 0.4) is 0 Å². The lowest BCUT2D eigenvalue weighted by molar-refractivity contribution is 0.389. The highest BCUT2D eigenvalue weighted by atomic mass is 32.2. The topological polar surface area (TPSA) is 76.5 Å². The van der Waals surface area contributed by atoms with Gasteiger partial charge in [0.15, 0.2) is 11.6 Å². The van der Waals surface area contributed by atoms with E-state index in [9.17, 15) is 25.6 Å². The van der Waals surface area contributed by atoms with Crippen molar-refractivity contribution in [3.05, 3.63) is 131 Å². The van der Waals surface area contributed by atoms with E-state index in [1.54, 1.807) is 48.5 Å². The minimum atomic E-state index is -4.21. The second kappa shape index (κ2) is 10.6. The number of benzene rings is 4. The number of aromatic nitrogens is 1. The SMILES string of the molecule is Cc1ccc(S(=O)(=O)N(Cc2cccc(F)c2F)Cc2cn(S(=O)(=O)c3ccc(C)cc3)c3ccccc23)cc1. The van der Waals surface area contributed by atoms with Crippen molar-refractivity contribution in [3.63, 3.8) is 0 Å². The number of fused-ring (bicyclic) bond motifs is 1. The molecule has 0 N–H and O–H groups in total. The number of sulfonamides is 1. The minimum absolute atomic E-state index is 0.0223. The summed E-state index contributed by atoms with van der Waals surface area (Å²) in [4.78, 5) is 0.0577. The van der Waals surface area contributed by atoms with Gasteiger partial charge < -0.3 is 0 Å². The molecule has 0 aliphatic carbocycles. The van der Waals surface area contributed by atoms with Crippen molar-refractivity contribution < 1.29 is 25.6 Å². The van der Waals surface area contributed by atoms with Gasteiger partial charge in [0.2, 0.25) is 10.0 Å². The third-order valence-corrected chi connectivity index (χ3v) is 10.2. The Bertz CT molecular complexity index is 1920. The van der Waals surface area contributed by atoms with Crippen LogP contribution in [-0.4, -0.2) is 25.1 Å². The standard InChI is InChI=1S/C30H26F2N2O4S2/c1-21-10-14-25(15-11-21)39(35,36)33(18-23-6-5-8-28(31)30(23)32)19-24-20-34(29-9-4-3-7-27(24)29)40(37,38)26-16-12-22(2)13-17-26/h3-17,20H,18-19H2,1-2H3. The zero-order valence-electron chi connectivity index (χ0n) is 21.8. The Labute approximate surface area is 232 Å². The molecular weight excluding hydrogens is 554 g/mol. The summed E-state index contributed by atoms with van der Waals surface area (Å²) in [6, 6.07) is 23.0. The Balaban J connectivity index is 1.64. The molecule has 40 heavy (non-hydrogen) atoms. The Morgan fingerprint density at radius 2 is 1.25 bits per heavy atom. The summed E-state index contributed by atoms with van der Waals surface area (Å²) in [7, 11) is -8.23. The van der Waals surface area contributed by atoms with Gasteiger partial charge in [0.1, 0.15) is 0 Å². The summed E-state index contributed by atoms with van der Waals surface area (Å²) >= 11 is 0. The summed E-state index contributed by atoms with van der Waals surface area (Å²) in [6.45, 7) is 2.91. The minimum Gasteiger partial charge on any atom is -0.241 e. The highest BCUT2D eigenvalue weighted by Gasteiger charge is 2.29. The van der Waals surface area contributed by atoms with Gasteiger partial charge in [-0.15, -0.1) is 0 Å². The van der Waals surface area contributed by atoms with E-state index in [0.29, 0.717) is 16.5 Å². The molecule has 1 aromatic heterocycles. The maximum absolute atomic E-state index is 14.7. The zero-order chi connectivity index (χ0) is 28.7. The monoisotopic (exact) mass is 580 g/mol. The van der Waals surface area contributed by atoms with Crippen LogP contribution in [0.1, 0.15) is 22.3 Å². The molecule has 0 saturated heterocycles. The fourth-order valence-electron chi connectivity index (χ4n) is 4.50. The number of aryl methyl sites for hydroxylation is 2. The lowest BCUT2D eigenvalue weighted by Crippen LogP contribution is -2.30. The smallest absolute Gasteiger partial charge is 0.241 e. The number of halogens is 2. The van der Waals surface area contributed by atoms with Crippen LogP contribution in [-0.2, 0) is 33.1 Å². The summed E-state index contributed by atoms with van der Waals surface area (Å²) in [6.07, 6.45) is 1.39. The van der Waals surface area contributed by atoms with Gasteiger partial charge in [-0.1, -0.05) is 65.7 Å². The van der Waals surface area contributed by atoms with Gasteiger partial charge in [0.25, 0.3) is 10.0 Å². The number of nitrogens with zero attached hydrogens (tertiary/aromatic N) is 2. The molecule has 0 unspecified atom stereocenters. The van der Waals surface area contributed by atoms with Crippen LogP contribution in [0.25, 0.3) is 10.9 Å². The van der Waals surface area contributed by atoms with E-state index in [2.05, 4.69) is 0 Å². The predicted octanol–water partition coefficient (Wildman–Crippen LogP) is 6.16. The Kier molecular flexibility index (Phi) is 7.34. The first-order valence-corrected chi connectivity index (χ1v) is 15.3. The van der Waals surface area contributed by atoms with Crippen LogP contribution < -0.4 is 0 Å². The Hall–Kier alpha value is -3.86. The first kappa shape index (κ1) is 27.7. The largest absolute Gasteiger partial charge is 0.268 e. The second-order valence-electron chi connectivity index (χ2n) is 9.58. The highest BCUT2D eigenvalue weighted by molar-refractivity contribution is 7.90. The molecule has 0 aliphatic heterocycles. The molecule has 1 heterocycles. The average Bonchev–Trinajstić information content (AvgIpc) is 3.30. The fourth-order valence-corrected chi connectivity index (χ4v) is 7.29. The van der Waals surface area contributed by atoms with Gasteiger partial charge in [0.05, 0.1) is 15.3 Å². The van der Waals surface area contributed by atoms with Gasteiger partial charge in [-0.2, -0.15) is 4.31 Å². The molecule has 0 fully saturated rings. The Morgan fingerprint density at radius 3 is 1.90 bits per heavy atom. The molecule has 5 rings (SSSR count). The molecule has 0 amide bonds. The van der Waals surface area contributed by atoms with Crippen LogP contribution in [0.2, 0.25) is 0 Å². The molecule has 4 aromatic carbocycles. The van der Waals surface area contributed by atoms with Crippen molar-refractivity contribution in [2.45, 2.75) is 36.7 Å². The number of rotatable bonds is 8. The average molecular weight is 581 g/mol. The second-order valence-corrected chi connectivity index (χ2v) is 13.3. The quantitative estimate of drug-likeness (QED) is 0.220. The highest BCUT2D eigenvalue weighted by Crippen LogP contribution is 2.30. The van der Waals surface area contributed by atoms with E-state index < -0.39 is 38.2 Å². The molecule has 0 spiro atoms.